The lowest BCUT2D eigenvalue weighted by Crippen LogP contribution is -2.30. The molecule has 5 heteroatoms. The van der Waals surface area contributed by atoms with Gasteiger partial charge in [0.25, 0.3) is 5.91 Å². The van der Waals surface area contributed by atoms with Crippen LogP contribution in [0.25, 0.3) is 0 Å². The zero-order valence-corrected chi connectivity index (χ0v) is 13.4. The van der Waals surface area contributed by atoms with Crippen molar-refractivity contribution in [3.63, 3.8) is 0 Å². The largest absolute Gasteiger partial charge is 0.392 e. The molecular weight excluding hydrogens is 290 g/mol. The maximum Gasteiger partial charge on any atom is 0.252 e. The highest BCUT2D eigenvalue weighted by atomic mass is 16.3. The van der Waals surface area contributed by atoms with Crippen LogP contribution in [-0.4, -0.2) is 34.7 Å². The van der Waals surface area contributed by atoms with E-state index < -0.39 is 6.10 Å². The number of pyridine rings is 1. The molecule has 1 aromatic heterocycles. The first-order valence-electron chi connectivity index (χ1n) is 7.85. The fourth-order valence-electron chi connectivity index (χ4n) is 2.92. The quantitative estimate of drug-likeness (QED) is 0.909. The SMILES string of the molecule is CC(O)CNC(=O)c1ccc(N2c3ccccc3CC2C)nc1. The summed E-state index contributed by atoms with van der Waals surface area (Å²) < 4.78 is 0. The Morgan fingerprint density at radius 1 is 1.39 bits per heavy atom. The summed E-state index contributed by atoms with van der Waals surface area (Å²) in [6.45, 7) is 4.04. The van der Waals surface area contributed by atoms with Crippen LogP contribution in [0.3, 0.4) is 0 Å². The molecule has 1 aliphatic heterocycles. The van der Waals surface area contributed by atoms with E-state index >= 15 is 0 Å². The molecule has 0 radical (unpaired) electrons. The number of hydrogen-bond donors (Lipinski definition) is 2. The number of nitrogens with one attached hydrogen (secondary N) is 1. The summed E-state index contributed by atoms with van der Waals surface area (Å²) in [4.78, 5) is 18.6. The molecule has 5 nitrogen and oxygen atoms in total. The molecule has 2 aromatic rings. The highest BCUT2D eigenvalue weighted by Crippen LogP contribution is 2.36. The van der Waals surface area contributed by atoms with Gasteiger partial charge in [0.2, 0.25) is 0 Å². The highest BCUT2D eigenvalue weighted by Gasteiger charge is 2.27. The van der Waals surface area contributed by atoms with Crippen LogP contribution in [0, 0.1) is 0 Å². The summed E-state index contributed by atoms with van der Waals surface area (Å²) in [5, 5.41) is 11.9. The van der Waals surface area contributed by atoms with Crippen molar-refractivity contribution in [3.8, 4) is 0 Å². The van der Waals surface area contributed by atoms with E-state index in [1.54, 1.807) is 19.2 Å². The number of amides is 1. The van der Waals surface area contributed by atoms with Gasteiger partial charge in [0, 0.05) is 24.5 Å². The number of rotatable bonds is 4. The zero-order chi connectivity index (χ0) is 16.4. The normalized spacial score (nSPS) is 17.7. The number of aromatic nitrogens is 1. The molecule has 23 heavy (non-hydrogen) atoms. The number of carbonyl (C=O) groups excluding carboxylic acids is 1. The summed E-state index contributed by atoms with van der Waals surface area (Å²) in [5.74, 6) is 0.620. The van der Waals surface area contributed by atoms with E-state index in [4.69, 9.17) is 0 Å². The molecule has 0 bridgehead atoms. The van der Waals surface area contributed by atoms with E-state index in [1.807, 2.05) is 12.1 Å². The molecule has 2 atom stereocenters. The number of para-hydroxylation sites is 1. The van der Waals surface area contributed by atoms with Gasteiger partial charge >= 0.3 is 0 Å². The molecule has 2 N–H and O–H groups in total. The summed E-state index contributed by atoms with van der Waals surface area (Å²) in [7, 11) is 0. The zero-order valence-electron chi connectivity index (χ0n) is 13.4. The third kappa shape index (κ3) is 3.19. The molecule has 0 spiro atoms. The first-order valence-corrected chi connectivity index (χ1v) is 7.85. The van der Waals surface area contributed by atoms with Gasteiger partial charge in [0.15, 0.2) is 0 Å². The maximum atomic E-state index is 12.0. The predicted octanol–water partition coefficient (Wildman–Crippen LogP) is 2.27. The summed E-state index contributed by atoms with van der Waals surface area (Å²) in [6.07, 6.45) is 2.02. The third-order valence-electron chi connectivity index (χ3n) is 4.02. The molecular formula is C18H21N3O2. The average Bonchev–Trinajstić information content (AvgIpc) is 2.88. The van der Waals surface area contributed by atoms with Crippen molar-refractivity contribution in [2.75, 3.05) is 11.4 Å². The highest BCUT2D eigenvalue weighted by molar-refractivity contribution is 5.94. The van der Waals surface area contributed by atoms with E-state index in [2.05, 4.69) is 40.3 Å². The van der Waals surface area contributed by atoms with Gasteiger partial charge in [-0.25, -0.2) is 4.98 Å². The second kappa shape index (κ2) is 6.38. The average molecular weight is 311 g/mol. The van der Waals surface area contributed by atoms with Crippen molar-refractivity contribution in [2.24, 2.45) is 0 Å². The van der Waals surface area contributed by atoms with Crippen molar-refractivity contribution < 1.29 is 9.90 Å². The molecule has 0 fully saturated rings. The number of hydrogen-bond acceptors (Lipinski definition) is 4. The molecule has 2 unspecified atom stereocenters. The molecule has 1 aromatic carbocycles. The number of anilines is 2. The smallest absolute Gasteiger partial charge is 0.252 e. The number of fused-ring (bicyclic) bond motifs is 1. The van der Waals surface area contributed by atoms with Crippen molar-refractivity contribution >= 4 is 17.4 Å². The summed E-state index contributed by atoms with van der Waals surface area (Å²) >= 11 is 0. The number of aliphatic hydroxyl groups excluding tert-OH is 1. The van der Waals surface area contributed by atoms with Crippen LogP contribution in [0.15, 0.2) is 42.6 Å². The standard InChI is InChI=1S/C18H21N3O2/c1-12-9-14-5-3-4-6-16(14)21(12)17-8-7-15(11-19-17)18(23)20-10-13(2)22/h3-8,11-13,22H,9-10H2,1-2H3,(H,20,23). The lowest BCUT2D eigenvalue weighted by Gasteiger charge is -2.23. The Balaban J connectivity index is 1.79. The van der Waals surface area contributed by atoms with Gasteiger partial charge in [0.05, 0.1) is 11.7 Å². The first kappa shape index (κ1) is 15.5. The van der Waals surface area contributed by atoms with Crippen LogP contribution in [0.1, 0.15) is 29.8 Å². The fourth-order valence-corrected chi connectivity index (χ4v) is 2.92. The Morgan fingerprint density at radius 3 is 2.87 bits per heavy atom. The van der Waals surface area contributed by atoms with Crippen molar-refractivity contribution in [1.82, 2.24) is 10.3 Å². The first-order chi connectivity index (χ1) is 11.1. The van der Waals surface area contributed by atoms with Crippen LogP contribution in [0.4, 0.5) is 11.5 Å². The van der Waals surface area contributed by atoms with Gasteiger partial charge in [0.1, 0.15) is 5.82 Å². The molecule has 0 saturated carbocycles. The van der Waals surface area contributed by atoms with Crippen LogP contribution < -0.4 is 10.2 Å². The Morgan fingerprint density at radius 2 is 2.17 bits per heavy atom. The van der Waals surface area contributed by atoms with Gasteiger partial charge in [-0.3, -0.25) is 4.79 Å². The van der Waals surface area contributed by atoms with Gasteiger partial charge in [-0.15, -0.1) is 0 Å². The molecule has 1 aliphatic rings. The maximum absolute atomic E-state index is 12.0. The fraction of sp³-hybridized carbons (Fsp3) is 0.333. The number of aliphatic hydroxyl groups is 1. The van der Waals surface area contributed by atoms with E-state index in [9.17, 15) is 9.90 Å². The molecule has 3 rings (SSSR count). The van der Waals surface area contributed by atoms with Crippen molar-refractivity contribution in [2.45, 2.75) is 32.4 Å². The second-order valence-electron chi connectivity index (χ2n) is 6.02. The summed E-state index contributed by atoms with van der Waals surface area (Å²) in [5.41, 5.74) is 2.99. The Hall–Kier alpha value is -2.40. The van der Waals surface area contributed by atoms with Gasteiger partial charge < -0.3 is 15.3 Å². The van der Waals surface area contributed by atoms with E-state index in [1.165, 1.54) is 11.3 Å². The van der Waals surface area contributed by atoms with Crippen LogP contribution >= 0.6 is 0 Å². The molecule has 1 amide bonds. The lowest BCUT2D eigenvalue weighted by molar-refractivity contribution is 0.0923. The predicted molar refractivity (Wildman–Crippen MR) is 90.0 cm³/mol. The molecule has 2 heterocycles. The van der Waals surface area contributed by atoms with Crippen LogP contribution in [-0.2, 0) is 6.42 Å². The minimum atomic E-state index is -0.562. The van der Waals surface area contributed by atoms with Crippen LogP contribution in [0.5, 0.6) is 0 Å². The number of nitrogens with zero attached hydrogens (tertiary/aromatic N) is 2. The molecule has 0 aliphatic carbocycles. The third-order valence-corrected chi connectivity index (χ3v) is 4.02. The second-order valence-corrected chi connectivity index (χ2v) is 6.02. The van der Waals surface area contributed by atoms with Gasteiger partial charge in [-0.2, -0.15) is 0 Å². The van der Waals surface area contributed by atoms with Crippen LogP contribution in [0.2, 0.25) is 0 Å². The molecule has 0 saturated heterocycles. The topological polar surface area (TPSA) is 65.5 Å². The Labute approximate surface area is 136 Å². The lowest BCUT2D eigenvalue weighted by atomic mass is 10.1. The summed E-state index contributed by atoms with van der Waals surface area (Å²) in [6, 6.07) is 12.3. The van der Waals surface area contributed by atoms with Crippen molar-refractivity contribution in [3.05, 3.63) is 53.7 Å². The Bertz CT molecular complexity index is 698. The van der Waals surface area contributed by atoms with Gasteiger partial charge in [-0.05, 0) is 44.0 Å². The monoisotopic (exact) mass is 311 g/mol. The van der Waals surface area contributed by atoms with Gasteiger partial charge in [-0.1, -0.05) is 18.2 Å². The minimum Gasteiger partial charge on any atom is -0.392 e. The number of carbonyl (C=O) groups is 1. The van der Waals surface area contributed by atoms with Crippen molar-refractivity contribution in [1.29, 1.82) is 0 Å². The van der Waals surface area contributed by atoms with E-state index in [0.29, 0.717) is 11.6 Å². The Kier molecular flexibility index (Phi) is 4.30. The number of benzene rings is 1. The van der Waals surface area contributed by atoms with E-state index in [0.717, 1.165) is 12.2 Å². The van der Waals surface area contributed by atoms with E-state index in [-0.39, 0.29) is 12.5 Å². The minimum absolute atomic E-state index is 0.222. The molecule has 120 valence electrons.